The van der Waals surface area contributed by atoms with E-state index < -0.39 is 6.09 Å². The number of carbonyl (C=O) groups is 2. The molecule has 27 heavy (non-hydrogen) atoms. The number of para-hydroxylation sites is 1. The summed E-state index contributed by atoms with van der Waals surface area (Å²) in [4.78, 5) is 23.3. The fourth-order valence-corrected chi connectivity index (χ4v) is 2.35. The van der Waals surface area contributed by atoms with E-state index in [0.29, 0.717) is 29.3 Å². The molecule has 0 spiro atoms. The molecule has 0 aliphatic heterocycles. The van der Waals surface area contributed by atoms with E-state index >= 15 is 0 Å². The Morgan fingerprint density at radius 1 is 1.00 bits per heavy atom. The highest BCUT2D eigenvalue weighted by Gasteiger charge is 2.11. The second-order valence-corrected chi connectivity index (χ2v) is 5.90. The minimum atomic E-state index is -0.687. The molecule has 0 aliphatic rings. The summed E-state index contributed by atoms with van der Waals surface area (Å²) in [6.45, 7) is 1.92. The molecule has 2 aromatic carbocycles. The molecule has 0 saturated heterocycles. The maximum Gasteiger partial charge on any atom is 0.413 e. The molecule has 2 rings (SSSR count). The number of carbonyl (C=O) groups excluding carboxylic acids is 2. The fraction of sp³-hybridized carbons (Fsp3) is 0.211. The van der Waals surface area contributed by atoms with Gasteiger partial charge in [0.2, 0.25) is 5.91 Å². The van der Waals surface area contributed by atoms with Gasteiger partial charge < -0.3 is 20.1 Å². The molecule has 0 radical (unpaired) electrons. The largest absolute Gasteiger partial charge is 0.457 e. The minimum Gasteiger partial charge on any atom is -0.457 e. The molecule has 0 saturated carbocycles. The predicted molar refractivity (Wildman–Crippen MR) is 108 cm³/mol. The number of hydrogen-bond donors (Lipinski definition) is 3. The van der Waals surface area contributed by atoms with Gasteiger partial charge in [0.25, 0.3) is 0 Å². The predicted octanol–water partition coefficient (Wildman–Crippen LogP) is 4.27. The van der Waals surface area contributed by atoms with Crippen LogP contribution in [0.4, 0.5) is 16.2 Å². The van der Waals surface area contributed by atoms with E-state index in [-0.39, 0.29) is 11.0 Å². The number of benzene rings is 2. The monoisotopic (exact) mass is 387 g/mol. The molecule has 0 heterocycles. The quantitative estimate of drug-likeness (QED) is 0.642. The van der Waals surface area contributed by atoms with Gasteiger partial charge in [-0.1, -0.05) is 25.1 Å². The van der Waals surface area contributed by atoms with Crippen molar-refractivity contribution in [2.24, 2.45) is 0 Å². The number of ether oxygens (including phenoxy) is 2. The summed E-state index contributed by atoms with van der Waals surface area (Å²) in [6, 6.07) is 14.4. The van der Waals surface area contributed by atoms with Gasteiger partial charge in [-0.25, -0.2) is 4.79 Å². The maximum absolute atomic E-state index is 12.0. The van der Waals surface area contributed by atoms with Gasteiger partial charge in [-0.05, 0) is 42.9 Å². The summed E-state index contributed by atoms with van der Waals surface area (Å²) in [5.74, 6) is 1.08. The average molecular weight is 387 g/mol. The van der Waals surface area contributed by atoms with Crippen molar-refractivity contribution in [3.05, 3.63) is 48.5 Å². The highest BCUT2D eigenvalue weighted by molar-refractivity contribution is 7.80. The van der Waals surface area contributed by atoms with E-state index in [2.05, 4.69) is 20.7 Å². The molecule has 2 amide bonds. The maximum atomic E-state index is 12.0. The van der Waals surface area contributed by atoms with Gasteiger partial charge in [-0.2, -0.15) is 0 Å². The van der Waals surface area contributed by atoms with Crippen molar-refractivity contribution in [2.75, 3.05) is 17.7 Å². The van der Waals surface area contributed by atoms with Crippen LogP contribution in [0.1, 0.15) is 19.8 Å². The van der Waals surface area contributed by atoms with Crippen molar-refractivity contribution >= 4 is 40.7 Å². The zero-order chi connectivity index (χ0) is 19.6. The number of alkyl carbamates (subject to hydrolysis) is 1. The molecular weight excluding hydrogens is 366 g/mol. The van der Waals surface area contributed by atoms with Crippen LogP contribution in [-0.4, -0.2) is 24.2 Å². The first kappa shape index (κ1) is 20.2. The number of nitrogens with one attached hydrogen (secondary N) is 3. The number of hydrogen-bond acceptors (Lipinski definition) is 5. The van der Waals surface area contributed by atoms with E-state index in [0.717, 1.165) is 6.42 Å². The standard InChI is InChI=1S/C19H21N3O4S/c1-3-7-17(23)20-16-12-14(26-13-8-5-4-6-9-13)10-11-15(16)21-18(27)22-19(24)25-2/h4-6,8-12H,3,7H2,1-2H3,(H,20,23)(H2,21,22,24,27). The van der Waals surface area contributed by atoms with Crippen molar-refractivity contribution in [3.63, 3.8) is 0 Å². The van der Waals surface area contributed by atoms with E-state index in [4.69, 9.17) is 17.0 Å². The molecular formula is C19H21N3O4S. The molecule has 0 aromatic heterocycles. The Kier molecular flexibility index (Phi) is 7.57. The fourth-order valence-electron chi connectivity index (χ4n) is 2.16. The van der Waals surface area contributed by atoms with Gasteiger partial charge in [-0.3, -0.25) is 10.1 Å². The first-order chi connectivity index (χ1) is 13.0. The zero-order valence-corrected chi connectivity index (χ0v) is 15.9. The smallest absolute Gasteiger partial charge is 0.413 e. The lowest BCUT2D eigenvalue weighted by atomic mass is 10.2. The molecule has 142 valence electrons. The van der Waals surface area contributed by atoms with E-state index in [1.54, 1.807) is 18.2 Å². The van der Waals surface area contributed by atoms with Crippen LogP contribution in [0.15, 0.2) is 48.5 Å². The van der Waals surface area contributed by atoms with Crippen LogP contribution >= 0.6 is 12.2 Å². The number of thiocarbonyl (C=S) groups is 1. The highest BCUT2D eigenvalue weighted by atomic mass is 32.1. The van der Waals surface area contributed by atoms with Gasteiger partial charge >= 0.3 is 6.09 Å². The number of amides is 2. The number of anilines is 2. The minimum absolute atomic E-state index is 0.0459. The van der Waals surface area contributed by atoms with Crippen LogP contribution in [0.25, 0.3) is 0 Å². The first-order valence-electron chi connectivity index (χ1n) is 8.34. The Balaban J connectivity index is 2.21. The van der Waals surface area contributed by atoms with Gasteiger partial charge in [0.05, 0.1) is 18.5 Å². The molecule has 0 fully saturated rings. The summed E-state index contributed by atoms with van der Waals surface area (Å²) < 4.78 is 10.3. The van der Waals surface area contributed by atoms with Crippen LogP contribution in [0.3, 0.4) is 0 Å². The molecule has 0 atom stereocenters. The highest BCUT2D eigenvalue weighted by Crippen LogP contribution is 2.30. The summed E-state index contributed by atoms with van der Waals surface area (Å²) in [6.07, 6.45) is 0.415. The normalized spacial score (nSPS) is 9.85. The molecule has 0 aliphatic carbocycles. The Morgan fingerprint density at radius 2 is 1.74 bits per heavy atom. The molecule has 8 heteroatoms. The van der Waals surface area contributed by atoms with Gasteiger partial charge in [0.15, 0.2) is 5.11 Å². The lowest BCUT2D eigenvalue weighted by Crippen LogP contribution is -2.34. The van der Waals surface area contributed by atoms with Crippen molar-refractivity contribution in [1.29, 1.82) is 0 Å². The molecule has 0 unspecified atom stereocenters. The van der Waals surface area contributed by atoms with Crippen LogP contribution < -0.4 is 20.7 Å². The lowest BCUT2D eigenvalue weighted by molar-refractivity contribution is -0.116. The van der Waals surface area contributed by atoms with Crippen molar-refractivity contribution < 1.29 is 19.1 Å². The number of rotatable bonds is 6. The molecule has 0 bridgehead atoms. The van der Waals surface area contributed by atoms with Crippen LogP contribution in [0.5, 0.6) is 11.5 Å². The van der Waals surface area contributed by atoms with E-state index in [1.165, 1.54) is 7.11 Å². The zero-order valence-electron chi connectivity index (χ0n) is 15.1. The average Bonchev–Trinajstić information content (AvgIpc) is 2.64. The number of methoxy groups -OCH3 is 1. The molecule has 7 nitrogen and oxygen atoms in total. The summed E-state index contributed by atoms with van der Waals surface area (Å²) in [5, 5.41) is 8.09. The van der Waals surface area contributed by atoms with Gasteiger partial charge in [0.1, 0.15) is 11.5 Å². The van der Waals surface area contributed by atoms with Crippen LogP contribution in [0.2, 0.25) is 0 Å². The van der Waals surface area contributed by atoms with E-state index in [9.17, 15) is 9.59 Å². The SMILES string of the molecule is CCCC(=O)Nc1cc(Oc2ccccc2)ccc1NC(=S)NC(=O)OC. The molecule has 3 N–H and O–H groups in total. The van der Waals surface area contributed by atoms with Crippen molar-refractivity contribution in [2.45, 2.75) is 19.8 Å². The van der Waals surface area contributed by atoms with Crippen LogP contribution in [0, 0.1) is 0 Å². The van der Waals surface area contributed by atoms with E-state index in [1.807, 2.05) is 37.3 Å². The van der Waals surface area contributed by atoms with Gasteiger partial charge in [0, 0.05) is 12.5 Å². The second kappa shape index (κ2) is 10.1. The third-order valence-corrected chi connectivity index (χ3v) is 3.57. The van der Waals surface area contributed by atoms with Crippen molar-refractivity contribution in [3.8, 4) is 11.5 Å². The Bertz CT molecular complexity index is 812. The summed E-state index contributed by atoms with van der Waals surface area (Å²) in [7, 11) is 1.24. The first-order valence-corrected chi connectivity index (χ1v) is 8.75. The second-order valence-electron chi connectivity index (χ2n) is 5.49. The van der Waals surface area contributed by atoms with Crippen molar-refractivity contribution in [1.82, 2.24) is 5.32 Å². The van der Waals surface area contributed by atoms with Gasteiger partial charge in [-0.15, -0.1) is 0 Å². The third kappa shape index (κ3) is 6.59. The Hall–Kier alpha value is -3.13. The topological polar surface area (TPSA) is 88.7 Å². The Morgan fingerprint density at radius 3 is 2.41 bits per heavy atom. The molecule has 2 aromatic rings. The third-order valence-electron chi connectivity index (χ3n) is 3.37. The summed E-state index contributed by atoms with van der Waals surface area (Å²) in [5.41, 5.74) is 0.997. The van der Waals surface area contributed by atoms with Crippen LogP contribution in [-0.2, 0) is 9.53 Å². The summed E-state index contributed by atoms with van der Waals surface area (Å²) >= 11 is 5.07. The lowest BCUT2D eigenvalue weighted by Gasteiger charge is -2.15. The Labute approximate surface area is 163 Å².